The molecule has 0 N–H and O–H groups in total. The fourth-order valence-electron chi connectivity index (χ4n) is 7.19. The second-order valence-electron chi connectivity index (χ2n) is 9.75. The fraction of sp³-hybridized carbons (Fsp3) is 0.682. The molecule has 1 heterocycles. The number of halogens is 1. The third-order valence-corrected chi connectivity index (χ3v) is 8.86. The van der Waals surface area contributed by atoms with E-state index in [1.165, 1.54) is 25.0 Å². The Labute approximate surface area is 171 Å². The van der Waals surface area contributed by atoms with Gasteiger partial charge in [0.05, 0.1) is 0 Å². The Balaban J connectivity index is 1.44. The first kappa shape index (κ1) is 18.3. The normalized spacial score (nSPS) is 41.8. The van der Waals surface area contributed by atoms with Crippen molar-refractivity contribution < 1.29 is 0 Å². The molecule has 4 unspecified atom stereocenters. The van der Waals surface area contributed by atoms with Crippen molar-refractivity contribution in [3.05, 3.63) is 45.8 Å². The lowest BCUT2D eigenvalue weighted by molar-refractivity contribution is -0.0127. The van der Waals surface area contributed by atoms with E-state index in [0.29, 0.717) is 11.1 Å². The van der Waals surface area contributed by atoms with Crippen LogP contribution < -0.4 is 0 Å². The predicted molar refractivity (Wildman–Crippen MR) is 112 cm³/mol. The predicted octanol–water partition coefficient (Wildman–Crippen LogP) is 6.63. The maximum absolute atomic E-state index is 8.84. The summed E-state index contributed by atoms with van der Waals surface area (Å²) in [6.45, 7) is 4.95. The zero-order valence-electron chi connectivity index (χ0n) is 16.7. The van der Waals surface area contributed by atoms with E-state index in [2.05, 4.69) is 45.6 Å². The van der Waals surface area contributed by atoms with Crippen molar-refractivity contribution in [2.24, 2.45) is 33.7 Å². The highest BCUT2D eigenvalue weighted by molar-refractivity contribution is 6.29. The quantitative estimate of drug-likeness (QED) is 0.239. The van der Waals surface area contributed by atoms with Crippen LogP contribution in [0, 0.1) is 28.6 Å². The average molecular weight is 398 g/mol. The molecule has 5 rings (SSSR count). The third kappa shape index (κ3) is 2.52. The van der Waals surface area contributed by atoms with Crippen LogP contribution >= 0.6 is 11.6 Å². The van der Waals surface area contributed by atoms with Crippen molar-refractivity contribution in [3.8, 4) is 0 Å². The smallest absolute Gasteiger partial charge is 0.147 e. The minimum Gasteiger partial charge on any atom is -0.308 e. The second-order valence-corrected chi connectivity index (χ2v) is 10.1. The van der Waals surface area contributed by atoms with Crippen LogP contribution in [0.25, 0.3) is 16.1 Å². The molecule has 0 saturated heterocycles. The van der Waals surface area contributed by atoms with Gasteiger partial charge in [-0.1, -0.05) is 48.3 Å². The molecule has 6 atom stereocenters. The molecule has 1 aromatic heterocycles. The van der Waals surface area contributed by atoms with Gasteiger partial charge in [0, 0.05) is 28.3 Å². The monoisotopic (exact) mass is 397 g/mol. The van der Waals surface area contributed by atoms with Gasteiger partial charge in [0.15, 0.2) is 0 Å². The summed E-state index contributed by atoms with van der Waals surface area (Å²) >= 11 is 6.10. The number of hydrogen-bond donors (Lipinski definition) is 0. The summed E-state index contributed by atoms with van der Waals surface area (Å²) in [5.41, 5.74) is 12.3. The number of allylic oxidation sites excluding steroid dienone is 3. The highest BCUT2D eigenvalue weighted by Gasteiger charge is 2.57. The summed E-state index contributed by atoms with van der Waals surface area (Å²) in [5.74, 6) is 2.17. The van der Waals surface area contributed by atoms with E-state index in [-0.39, 0.29) is 16.9 Å². The van der Waals surface area contributed by atoms with Gasteiger partial charge in [-0.05, 0) is 73.6 Å². The highest BCUT2D eigenvalue weighted by Crippen LogP contribution is 2.65. The average Bonchev–Trinajstić information content (AvgIpc) is 3.24. The Morgan fingerprint density at radius 2 is 2.00 bits per heavy atom. The fourth-order valence-corrected chi connectivity index (χ4v) is 7.34. The van der Waals surface area contributed by atoms with Crippen molar-refractivity contribution >= 4 is 17.3 Å². The molecule has 0 radical (unpaired) electrons. The Bertz CT molecular complexity index is 910. The largest absolute Gasteiger partial charge is 0.308 e. The number of azide groups is 1. The highest BCUT2D eigenvalue weighted by atomic mass is 35.5. The van der Waals surface area contributed by atoms with Gasteiger partial charge >= 0.3 is 0 Å². The molecule has 28 heavy (non-hydrogen) atoms. The molecule has 4 aliphatic rings. The van der Waals surface area contributed by atoms with Crippen molar-refractivity contribution in [2.45, 2.75) is 64.8 Å². The maximum Gasteiger partial charge on any atom is 0.147 e. The van der Waals surface area contributed by atoms with E-state index in [4.69, 9.17) is 17.1 Å². The van der Waals surface area contributed by atoms with Crippen LogP contribution in [0.3, 0.4) is 0 Å². The van der Waals surface area contributed by atoms with Gasteiger partial charge in [0.1, 0.15) is 11.5 Å². The van der Waals surface area contributed by atoms with Crippen LogP contribution in [0.4, 0.5) is 0 Å². The van der Waals surface area contributed by atoms with Gasteiger partial charge in [-0.25, -0.2) is 4.98 Å². The molecule has 148 valence electrons. The maximum atomic E-state index is 8.84. The molecular weight excluding hydrogens is 370 g/mol. The lowest BCUT2D eigenvalue weighted by Crippen LogP contribution is -2.49. The number of aromatic nitrogens is 2. The summed E-state index contributed by atoms with van der Waals surface area (Å²) in [6.07, 6.45) is 16.7. The molecule has 0 aromatic carbocycles. The lowest BCUT2D eigenvalue weighted by Gasteiger charge is -2.57. The van der Waals surface area contributed by atoms with E-state index in [9.17, 15) is 0 Å². The lowest BCUT2D eigenvalue weighted by atomic mass is 9.47. The van der Waals surface area contributed by atoms with Crippen LogP contribution in [0.5, 0.6) is 0 Å². The van der Waals surface area contributed by atoms with Gasteiger partial charge in [-0.15, -0.1) is 0 Å². The number of rotatable bonds is 2. The zero-order valence-corrected chi connectivity index (χ0v) is 17.4. The summed E-state index contributed by atoms with van der Waals surface area (Å²) in [6, 6.07) is 0.153. The first-order valence-electron chi connectivity index (χ1n) is 10.6. The van der Waals surface area contributed by atoms with Gasteiger partial charge in [0.2, 0.25) is 0 Å². The van der Waals surface area contributed by atoms with E-state index in [0.717, 1.165) is 37.5 Å². The van der Waals surface area contributed by atoms with Gasteiger partial charge in [-0.2, -0.15) is 0 Å². The van der Waals surface area contributed by atoms with E-state index >= 15 is 0 Å². The summed E-state index contributed by atoms with van der Waals surface area (Å²) in [4.78, 5) is 7.31. The minimum atomic E-state index is 0.153. The number of hydrogen-bond acceptors (Lipinski definition) is 2. The summed E-state index contributed by atoms with van der Waals surface area (Å²) in [7, 11) is 0. The number of imidazole rings is 1. The van der Waals surface area contributed by atoms with Crippen LogP contribution in [0.2, 0.25) is 5.15 Å². The summed E-state index contributed by atoms with van der Waals surface area (Å²) < 4.78 is 2.15. The van der Waals surface area contributed by atoms with E-state index in [1.807, 2.05) is 12.5 Å². The number of nitrogens with zero attached hydrogens (tertiary/aromatic N) is 5. The second kappa shape index (κ2) is 6.40. The standard InChI is InChI=1S/C22H28ClN5/c1-21-9-7-15(26-27-24)11-14(21)3-4-16-17-5-6-19(28-12-20(23)25-13-28)22(17,2)10-8-18(16)21/h3,6,12-13,15-18H,4-5,7-11H2,1-2H3/t15?,16?,17?,18?,21-,22-/m0/s1. The number of fused-ring (bicyclic) bond motifs is 5. The molecule has 2 fully saturated rings. The molecule has 0 bridgehead atoms. The van der Waals surface area contributed by atoms with Crippen LogP contribution in [0.15, 0.2) is 35.4 Å². The summed E-state index contributed by atoms with van der Waals surface area (Å²) in [5, 5.41) is 4.60. The minimum absolute atomic E-state index is 0.153. The van der Waals surface area contributed by atoms with Crippen LogP contribution in [-0.2, 0) is 0 Å². The molecule has 0 aliphatic heterocycles. The van der Waals surface area contributed by atoms with Gasteiger partial charge in [-0.3, -0.25) is 0 Å². The first-order chi connectivity index (χ1) is 13.5. The first-order valence-corrected chi connectivity index (χ1v) is 11.0. The van der Waals surface area contributed by atoms with Gasteiger partial charge in [0.25, 0.3) is 0 Å². The van der Waals surface area contributed by atoms with Crippen LogP contribution in [-0.4, -0.2) is 15.6 Å². The van der Waals surface area contributed by atoms with Crippen molar-refractivity contribution in [1.82, 2.24) is 9.55 Å². The van der Waals surface area contributed by atoms with E-state index < -0.39 is 0 Å². The molecule has 2 saturated carbocycles. The van der Waals surface area contributed by atoms with Gasteiger partial charge < -0.3 is 4.57 Å². The Kier molecular flexibility index (Phi) is 4.19. The Morgan fingerprint density at radius 3 is 2.75 bits per heavy atom. The molecule has 5 nitrogen and oxygen atoms in total. The van der Waals surface area contributed by atoms with Crippen LogP contribution in [0.1, 0.15) is 58.8 Å². The van der Waals surface area contributed by atoms with Crippen molar-refractivity contribution in [1.29, 1.82) is 0 Å². The molecule has 4 aliphatic carbocycles. The van der Waals surface area contributed by atoms with Crippen molar-refractivity contribution in [2.75, 3.05) is 0 Å². The zero-order chi connectivity index (χ0) is 19.5. The topological polar surface area (TPSA) is 66.6 Å². The molecule has 0 amide bonds. The molecule has 1 aromatic rings. The Hall–Kier alpha value is -1.71. The molecule has 6 heteroatoms. The van der Waals surface area contributed by atoms with Crippen molar-refractivity contribution in [3.63, 3.8) is 0 Å². The molecular formula is C22H28ClN5. The van der Waals surface area contributed by atoms with E-state index in [1.54, 1.807) is 5.57 Å². The third-order valence-electron chi connectivity index (χ3n) is 8.66. The Morgan fingerprint density at radius 1 is 1.18 bits per heavy atom. The molecule has 0 spiro atoms. The SMILES string of the molecule is C[C@]12CCC(N=[N+]=[N-])CC1=CCC1C2CC[C@]2(C)C(n3cnc(Cl)c3)=CCC12.